The predicted octanol–water partition coefficient (Wildman–Crippen LogP) is 0.732. The third kappa shape index (κ3) is 4.26. The highest BCUT2D eigenvalue weighted by molar-refractivity contribution is 7.86. The van der Waals surface area contributed by atoms with Gasteiger partial charge in [-0.3, -0.25) is 8.98 Å². The molecule has 0 radical (unpaired) electrons. The van der Waals surface area contributed by atoms with Crippen molar-refractivity contribution in [3.63, 3.8) is 0 Å². The van der Waals surface area contributed by atoms with Crippen LogP contribution < -0.4 is 0 Å². The number of ketones is 1. The van der Waals surface area contributed by atoms with Crippen molar-refractivity contribution in [3.05, 3.63) is 30.3 Å². The molecule has 1 atom stereocenters. The van der Waals surface area contributed by atoms with Gasteiger partial charge in [-0.05, 0) is 19.1 Å². The van der Waals surface area contributed by atoms with Crippen LogP contribution in [0.2, 0.25) is 0 Å². The Morgan fingerprint density at radius 2 is 1.94 bits per heavy atom. The molecular formula is C11H14O5S. The molecule has 1 unspecified atom stereocenters. The third-order valence-electron chi connectivity index (χ3n) is 2.08. The van der Waals surface area contributed by atoms with Crippen molar-refractivity contribution in [2.45, 2.75) is 24.3 Å². The summed E-state index contributed by atoms with van der Waals surface area (Å²) in [4.78, 5) is 11.1. The number of aliphatic hydroxyl groups excluding tert-OH is 1. The summed E-state index contributed by atoms with van der Waals surface area (Å²) in [5, 5.41) is 8.91. The summed E-state index contributed by atoms with van der Waals surface area (Å²) in [6.07, 6.45) is -1.23. The van der Waals surface area contributed by atoms with E-state index >= 15 is 0 Å². The first-order valence-electron chi connectivity index (χ1n) is 5.09. The monoisotopic (exact) mass is 258 g/mol. The highest BCUT2D eigenvalue weighted by Crippen LogP contribution is 2.11. The van der Waals surface area contributed by atoms with E-state index in [0.717, 1.165) is 0 Å². The van der Waals surface area contributed by atoms with Gasteiger partial charge in [0, 0.05) is 6.42 Å². The fourth-order valence-electron chi connectivity index (χ4n) is 1.12. The number of hydrogen-bond donors (Lipinski definition) is 1. The van der Waals surface area contributed by atoms with Crippen molar-refractivity contribution in [1.82, 2.24) is 0 Å². The lowest BCUT2D eigenvalue weighted by Crippen LogP contribution is -2.19. The van der Waals surface area contributed by atoms with Gasteiger partial charge in [0.2, 0.25) is 0 Å². The molecule has 0 aliphatic rings. The summed E-state index contributed by atoms with van der Waals surface area (Å²) < 4.78 is 27.9. The van der Waals surface area contributed by atoms with Crippen LogP contribution in [0.1, 0.15) is 13.3 Å². The standard InChI is InChI=1S/C11H14O5S/c1-9(12)11(13)7-8-16-17(14,15)10-5-3-2-4-6-10/h2-6,9,12H,7-8H2,1H3. The van der Waals surface area contributed by atoms with Crippen molar-refractivity contribution >= 4 is 15.9 Å². The fourth-order valence-corrected chi connectivity index (χ4v) is 2.05. The molecule has 6 heteroatoms. The van der Waals surface area contributed by atoms with Gasteiger partial charge in [-0.1, -0.05) is 18.2 Å². The van der Waals surface area contributed by atoms with Crippen LogP contribution in [-0.2, 0) is 19.1 Å². The van der Waals surface area contributed by atoms with Gasteiger partial charge < -0.3 is 5.11 Å². The third-order valence-corrected chi connectivity index (χ3v) is 3.41. The Balaban J connectivity index is 2.55. The number of carbonyl (C=O) groups excluding carboxylic acids is 1. The molecule has 0 saturated heterocycles. The zero-order chi connectivity index (χ0) is 12.9. The quantitative estimate of drug-likeness (QED) is 0.761. The Hall–Kier alpha value is -1.24. The molecule has 0 amide bonds. The van der Waals surface area contributed by atoms with Crippen molar-refractivity contribution in [3.8, 4) is 0 Å². The lowest BCUT2D eigenvalue weighted by molar-refractivity contribution is -0.126. The van der Waals surface area contributed by atoms with Gasteiger partial charge in [-0.15, -0.1) is 0 Å². The Labute approximate surface area is 100 Å². The second-order valence-electron chi connectivity index (χ2n) is 3.48. The van der Waals surface area contributed by atoms with Crippen LogP contribution in [0.4, 0.5) is 0 Å². The van der Waals surface area contributed by atoms with E-state index in [1.807, 2.05) is 0 Å². The van der Waals surface area contributed by atoms with E-state index < -0.39 is 22.0 Å². The molecule has 0 fully saturated rings. The van der Waals surface area contributed by atoms with Gasteiger partial charge in [0.25, 0.3) is 10.1 Å². The highest BCUT2D eigenvalue weighted by Gasteiger charge is 2.16. The largest absolute Gasteiger partial charge is 0.386 e. The Bertz CT molecular complexity index is 464. The number of Topliss-reactive ketones (excluding diaryl/α,β-unsaturated/α-hetero) is 1. The van der Waals surface area contributed by atoms with Gasteiger partial charge in [0.15, 0.2) is 5.78 Å². The molecule has 0 saturated carbocycles. The molecule has 17 heavy (non-hydrogen) atoms. The van der Waals surface area contributed by atoms with Crippen molar-refractivity contribution in [2.75, 3.05) is 6.61 Å². The van der Waals surface area contributed by atoms with Gasteiger partial charge in [-0.2, -0.15) is 8.42 Å². The topological polar surface area (TPSA) is 80.7 Å². The summed E-state index contributed by atoms with van der Waals surface area (Å²) in [6.45, 7) is 1.06. The summed E-state index contributed by atoms with van der Waals surface area (Å²) in [7, 11) is -3.82. The van der Waals surface area contributed by atoms with Gasteiger partial charge in [0.05, 0.1) is 11.5 Å². The van der Waals surface area contributed by atoms with Crippen molar-refractivity contribution in [1.29, 1.82) is 0 Å². The average Bonchev–Trinajstić information content (AvgIpc) is 2.29. The van der Waals surface area contributed by atoms with E-state index in [2.05, 4.69) is 4.18 Å². The minimum atomic E-state index is -3.82. The van der Waals surface area contributed by atoms with E-state index in [4.69, 9.17) is 5.11 Å². The zero-order valence-corrected chi connectivity index (χ0v) is 10.2. The van der Waals surface area contributed by atoms with Crippen molar-refractivity contribution in [2.24, 2.45) is 0 Å². The van der Waals surface area contributed by atoms with E-state index in [1.54, 1.807) is 18.2 Å². The minimum absolute atomic E-state index is 0.0458. The SMILES string of the molecule is CC(O)C(=O)CCOS(=O)(=O)c1ccccc1. The van der Waals surface area contributed by atoms with Crippen LogP contribution in [0, 0.1) is 0 Å². The van der Waals surface area contributed by atoms with Crippen LogP contribution >= 0.6 is 0 Å². The number of benzene rings is 1. The Kier molecular flexibility index (Phi) is 4.80. The number of rotatable bonds is 6. The number of carbonyl (C=O) groups is 1. The summed E-state index contributed by atoms with van der Waals surface area (Å²) >= 11 is 0. The first-order chi connectivity index (χ1) is 7.93. The molecule has 0 heterocycles. The van der Waals surface area contributed by atoms with Gasteiger partial charge in [0.1, 0.15) is 6.10 Å². The normalized spacial score (nSPS) is 13.3. The average molecular weight is 258 g/mol. The Morgan fingerprint density at radius 3 is 2.47 bits per heavy atom. The van der Waals surface area contributed by atoms with Crippen LogP contribution in [-0.4, -0.2) is 32.0 Å². The second-order valence-corrected chi connectivity index (χ2v) is 5.10. The number of hydrogen-bond acceptors (Lipinski definition) is 5. The molecule has 0 aromatic heterocycles. The number of aliphatic hydroxyl groups is 1. The molecule has 0 aliphatic heterocycles. The van der Waals surface area contributed by atoms with Crippen LogP contribution in [0.3, 0.4) is 0 Å². The molecule has 0 bridgehead atoms. The second kappa shape index (κ2) is 5.90. The first kappa shape index (κ1) is 13.8. The molecule has 5 nitrogen and oxygen atoms in total. The maximum Gasteiger partial charge on any atom is 0.296 e. The fraction of sp³-hybridized carbons (Fsp3) is 0.364. The van der Waals surface area contributed by atoms with Gasteiger partial charge >= 0.3 is 0 Å². The van der Waals surface area contributed by atoms with Crippen LogP contribution in [0.5, 0.6) is 0 Å². The molecule has 0 aliphatic carbocycles. The zero-order valence-electron chi connectivity index (χ0n) is 9.37. The Morgan fingerprint density at radius 1 is 1.35 bits per heavy atom. The summed E-state index contributed by atoms with van der Waals surface area (Å²) in [5.74, 6) is -0.451. The van der Waals surface area contributed by atoms with Gasteiger partial charge in [-0.25, -0.2) is 0 Å². The lowest BCUT2D eigenvalue weighted by Gasteiger charge is -2.06. The molecular weight excluding hydrogens is 244 g/mol. The van der Waals surface area contributed by atoms with E-state index in [1.165, 1.54) is 19.1 Å². The van der Waals surface area contributed by atoms with Crippen LogP contribution in [0.25, 0.3) is 0 Å². The molecule has 94 valence electrons. The van der Waals surface area contributed by atoms with E-state index in [9.17, 15) is 13.2 Å². The summed E-state index contributed by atoms with van der Waals surface area (Å²) in [6, 6.07) is 7.67. The molecule has 1 aromatic rings. The molecule has 1 rings (SSSR count). The van der Waals surface area contributed by atoms with E-state index in [-0.39, 0.29) is 17.9 Å². The summed E-state index contributed by atoms with van der Waals surface area (Å²) in [5.41, 5.74) is 0. The predicted molar refractivity (Wildman–Crippen MR) is 60.9 cm³/mol. The molecule has 1 N–H and O–H groups in total. The lowest BCUT2D eigenvalue weighted by atomic mass is 10.2. The maximum absolute atomic E-state index is 11.6. The van der Waals surface area contributed by atoms with E-state index in [0.29, 0.717) is 0 Å². The molecule has 0 spiro atoms. The molecule has 1 aromatic carbocycles. The maximum atomic E-state index is 11.6. The first-order valence-corrected chi connectivity index (χ1v) is 6.49. The van der Waals surface area contributed by atoms with Crippen molar-refractivity contribution < 1.29 is 22.5 Å². The van der Waals surface area contributed by atoms with Crippen LogP contribution in [0.15, 0.2) is 35.2 Å². The highest BCUT2D eigenvalue weighted by atomic mass is 32.2. The smallest absolute Gasteiger partial charge is 0.296 e. The minimum Gasteiger partial charge on any atom is -0.386 e.